The fraction of sp³-hybridized carbons (Fsp3) is 0.538. The Morgan fingerprint density at radius 3 is 2.70 bits per heavy atom. The van der Waals surface area contributed by atoms with Gasteiger partial charge in [-0.1, -0.05) is 0 Å². The zero-order valence-corrected chi connectivity index (χ0v) is 13.5. The number of sulfonamides is 1. The molecule has 0 aromatic heterocycles. The Morgan fingerprint density at radius 2 is 2.10 bits per heavy atom. The molecule has 20 heavy (non-hydrogen) atoms. The molecule has 1 heterocycles. The van der Waals surface area contributed by atoms with Gasteiger partial charge in [-0.2, -0.15) is 0 Å². The first-order chi connectivity index (χ1) is 8.72. The minimum Gasteiger partial charge on any atom is -0.487 e. The Bertz CT molecular complexity index is 587. The zero-order valence-electron chi connectivity index (χ0n) is 11.8. The van der Waals surface area contributed by atoms with E-state index in [0.717, 1.165) is 5.56 Å². The van der Waals surface area contributed by atoms with Crippen molar-refractivity contribution in [2.45, 2.75) is 38.8 Å². The van der Waals surface area contributed by atoms with Crippen molar-refractivity contribution in [1.82, 2.24) is 4.72 Å². The van der Waals surface area contributed by atoms with Gasteiger partial charge in [0.05, 0.1) is 11.8 Å². The molecule has 1 aromatic rings. The quantitative estimate of drug-likeness (QED) is 0.837. The van der Waals surface area contributed by atoms with Gasteiger partial charge in [-0.3, -0.25) is 0 Å². The van der Waals surface area contributed by atoms with E-state index >= 15 is 0 Å². The summed E-state index contributed by atoms with van der Waals surface area (Å²) in [6.07, 6.45) is 0.572. The maximum atomic E-state index is 11.8. The SMILES string of the molecule is CCS(=O)(=O)NC1CC(C)(C)Oc2ccc(N)cc21.Cl. The molecule has 114 valence electrons. The van der Waals surface area contributed by atoms with E-state index in [2.05, 4.69) is 4.72 Å². The van der Waals surface area contributed by atoms with Crippen molar-refractivity contribution in [2.24, 2.45) is 0 Å². The van der Waals surface area contributed by atoms with Crippen molar-refractivity contribution >= 4 is 28.1 Å². The molecule has 0 fully saturated rings. The second kappa shape index (κ2) is 5.79. The molecule has 0 bridgehead atoms. The van der Waals surface area contributed by atoms with Crippen LogP contribution in [-0.2, 0) is 10.0 Å². The van der Waals surface area contributed by atoms with Crippen LogP contribution >= 0.6 is 12.4 Å². The lowest BCUT2D eigenvalue weighted by Crippen LogP contribution is -2.41. The molecule has 0 saturated carbocycles. The summed E-state index contributed by atoms with van der Waals surface area (Å²) >= 11 is 0. The first-order valence-corrected chi connectivity index (χ1v) is 7.96. The molecule has 3 N–H and O–H groups in total. The van der Waals surface area contributed by atoms with Gasteiger partial charge in [-0.25, -0.2) is 13.1 Å². The topological polar surface area (TPSA) is 81.4 Å². The molecule has 0 radical (unpaired) electrons. The normalized spacial score (nSPS) is 20.4. The van der Waals surface area contributed by atoms with Gasteiger partial charge in [0.1, 0.15) is 11.4 Å². The van der Waals surface area contributed by atoms with E-state index in [1.165, 1.54) is 0 Å². The highest BCUT2D eigenvalue weighted by Crippen LogP contribution is 2.40. The molecule has 1 aliphatic rings. The highest BCUT2D eigenvalue weighted by atomic mass is 35.5. The number of benzene rings is 1. The number of fused-ring (bicyclic) bond motifs is 1. The summed E-state index contributed by atoms with van der Waals surface area (Å²) in [5.41, 5.74) is 6.76. The van der Waals surface area contributed by atoms with E-state index in [4.69, 9.17) is 10.5 Å². The van der Waals surface area contributed by atoms with Crippen LogP contribution in [0, 0.1) is 0 Å². The molecular formula is C13H21ClN2O3S. The highest BCUT2D eigenvalue weighted by molar-refractivity contribution is 7.89. The third-order valence-corrected chi connectivity index (χ3v) is 4.60. The van der Waals surface area contributed by atoms with Gasteiger partial charge in [0.25, 0.3) is 0 Å². The summed E-state index contributed by atoms with van der Waals surface area (Å²) in [5.74, 6) is 0.747. The summed E-state index contributed by atoms with van der Waals surface area (Å²) < 4.78 is 32.2. The van der Waals surface area contributed by atoms with Crippen molar-refractivity contribution in [2.75, 3.05) is 11.5 Å². The Morgan fingerprint density at radius 1 is 1.45 bits per heavy atom. The molecule has 2 rings (SSSR count). The molecule has 0 aliphatic carbocycles. The Balaban J connectivity index is 0.00000200. The maximum Gasteiger partial charge on any atom is 0.211 e. The van der Waals surface area contributed by atoms with Gasteiger partial charge in [0, 0.05) is 17.7 Å². The second-order valence-electron chi connectivity index (χ2n) is 5.44. The van der Waals surface area contributed by atoms with Crippen molar-refractivity contribution in [3.05, 3.63) is 23.8 Å². The van der Waals surface area contributed by atoms with Crippen LogP contribution in [0.5, 0.6) is 5.75 Å². The minimum atomic E-state index is -3.27. The number of hydrogen-bond donors (Lipinski definition) is 2. The van der Waals surface area contributed by atoms with Crippen molar-refractivity contribution < 1.29 is 13.2 Å². The predicted molar refractivity (Wildman–Crippen MR) is 82.8 cm³/mol. The van der Waals surface area contributed by atoms with Crippen LogP contribution in [0.15, 0.2) is 18.2 Å². The summed E-state index contributed by atoms with van der Waals surface area (Å²) in [6, 6.07) is 5.02. The van der Waals surface area contributed by atoms with Crippen molar-refractivity contribution in [3.8, 4) is 5.75 Å². The average Bonchev–Trinajstić information content (AvgIpc) is 2.29. The lowest BCUT2D eigenvalue weighted by Gasteiger charge is -2.37. The monoisotopic (exact) mass is 320 g/mol. The van der Waals surface area contributed by atoms with Crippen LogP contribution in [-0.4, -0.2) is 19.8 Å². The van der Waals surface area contributed by atoms with Gasteiger partial charge in [-0.05, 0) is 39.0 Å². The molecule has 7 heteroatoms. The lowest BCUT2D eigenvalue weighted by molar-refractivity contribution is 0.0702. The predicted octanol–water partition coefficient (Wildman–Crippen LogP) is 2.23. The molecular weight excluding hydrogens is 300 g/mol. The number of rotatable bonds is 3. The first-order valence-electron chi connectivity index (χ1n) is 6.31. The van der Waals surface area contributed by atoms with Gasteiger partial charge in [0.2, 0.25) is 10.0 Å². The van der Waals surface area contributed by atoms with Gasteiger partial charge in [-0.15, -0.1) is 12.4 Å². The Kier molecular flexibility index (Phi) is 4.94. The molecule has 0 amide bonds. The first kappa shape index (κ1) is 17.1. The van der Waals surface area contributed by atoms with Crippen molar-refractivity contribution in [1.29, 1.82) is 0 Å². The summed E-state index contributed by atoms with van der Waals surface area (Å²) in [6.45, 7) is 5.51. The van der Waals surface area contributed by atoms with Crippen molar-refractivity contribution in [3.63, 3.8) is 0 Å². The smallest absolute Gasteiger partial charge is 0.211 e. The van der Waals surface area contributed by atoms with E-state index in [1.54, 1.807) is 25.1 Å². The highest BCUT2D eigenvalue weighted by Gasteiger charge is 2.35. The fourth-order valence-corrected chi connectivity index (χ4v) is 3.09. The van der Waals surface area contributed by atoms with Gasteiger partial charge < -0.3 is 10.5 Å². The Hall–Kier alpha value is -0.980. The third kappa shape index (κ3) is 3.77. The molecule has 0 spiro atoms. The van der Waals surface area contributed by atoms with E-state index in [-0.39, 0.29) is 24.2 Å². The van der Waals surface area contributed by atoms with Crippen LogP contribution < -0.4 is 15.2 Å². The van der Waals surface area contributed by atoms with Crippen LogP contribution in [0.2, 0.25) is 0 Å². The molecule has 0 saturated heterocycles. The third-order valence-electron chi connectivity index (χ3n) is 3.19. The standard InChI is InChI=1S/C13H20N2O3S.ClH/c1-4-19(16,17)15-11-8-13(2,3)18-12-6-5-9(14)7-10(11)12;/h5-7,11,15H,4,8,14H2,1-3H3;1H. The van der Waals surface area contributed by atoms with E-state index in [0.29, 0.717) is 17.9 Å². The van der Waals surface area contributed by atoms with E-state index in [1.807, 2.05) is 13.8 Å². The Labute approximate surface area is 126 Å². The van der Waals surface area contributed by atoms with Gasteiger partial charge in [0.15, 0.2) is 0 Å². The number of ether oxygens (including phenoxy) is 1. The number of nitrogens with one attached hydrogen (secondary N) is 1. The summed E-state index contributed by atoms with van der Waals surface area (Å²) in [5, 5.41) is 0. The minimum absolute atomic E-state index is 0. The molecule has 1 aliphatic heterocycles. The van der Waals surface area contributed by atoms with Crippen LogP contribution in [0.4, 0.5) is 5.69 Å². The average molecular weight is 321 g/mol. The number of anilines is 1. The largest absolute Gasteiger partial charge is 0.487 e. The lowest BCUT2D eigenvalue weighted by atomic mass is 9.90. The fourth-order valence-electron chi connectivity index (χ4n) is 2.28. The van der Waals surface area contributed by atoms with Gasteiger partial charge >= 0.3 is 0 Å². The maximum absolute atomic E-state index is 11.8. The zero-order chi connectivity index (χ0) is 14.3. The number of halogens is 1. The molecule has 5 nitrogen and oxygen atoms in total. The molecule has 1 atom stereocenters. The van der Waals surface area contributed by atoms with E-state index in [9.17, 15) is 8.42 Å². The van der Waals surface area contributed by atoms with Crippen LogP contribution in [0.25, 0.3) is 0 Å². The number of nitrogens with two attached hydrogens (primary N) is 1. The van der Waals surface area contributed by atoms with E-state index < -0.39 is 15.6 Å². The summed E-state index contributed by atoms with van der Waals surface area (Å²) in [4.78, 5) is 0. The summed E-state index contributed by atoms with van der Waals surface area (Å²) in [7, 11) is -3.27. The molecule has 1 unspecified atom stereocenters. The number of hydrogen-bond acceptors (Lipinski definition) is 4. The number of nitrogen functional groups attached to an aromatic ring is 1. The second-order valence-corrected chi connectivity index (χ2v) is 7.48. The van der Waals surface area contributed by atoms with Crippen LogP contribution in [0.3, 0.4) is 0 Å². The molecule has 1 aromatic carbocycles. The van der Waals surface area contributed by atoms with Crippen LogP contribution in [0.1, 0.15) is 38.8 Å².